The summed E-state index contributed by atoms with van der Waals surface area (Å²) >= 11 is 5.81. The molecule has 0 atom stereocenters. The molecule has 0 saturated heterocycles. The lowest BCUT2D eigenvalue weighted by atomic mass is 9.96. The summed E-state index contributed by atoms with van der Waals surface area (Å²) in [7, 11) is 0. The number of halogens is 4. The second-order valence-electron chi connectivity index (χ2n) is 7.36. The monoisotopic (exact) mass is 449 g/mol. The zero-order chi connectivity index (χ0) is 22.0. The SMILES string of the molecule is O=C(NC(=NC1CCCCC1)Nc1n[nH]c2cc(Cl)c(F)cc12)c1ccc(F)c(F)c1. The highest BCUT2D eigenvalue weighted by Gasteiger charge is 2.18. The zero-order valence-electron chi connectivity index (χ0n) is 16.3. The minimum absolute atomic E-state index is 0.0158. The van der Waals surface area contributed by atoms with Crippen molar-refractivity contribution in [3.63, 3.8) is 0 Å². The van der Waals surface area contributed by atoms with Crippen LogP contribution in [0.15, 0.2) is 35.3 Å². The summed E-state index contributed by atoms with van der Waals surface area (Å²) in [6, 6.07) is 5.47. The first kappa shape index (κ1) is 21.2. The van der Waals surface area contributed by atoms with E-state index in [0.717, 1.165) is 44.2 Å². The summed E-state index contributed by atoms with van der Waals surface area (Å²) in [5.74, 6) is -3.13. The van der Waals surface area contributed by atoms with Crippen LogP contribution in [0, 0.1) is 17.5 Å². The van der Waals surface area contributed by atoms with Crippen LogP contribution >= 0.6 is 11.6 Å². The third kappa shape index (κ3) is 4.82. The number of benzene rings is 2. The van der Waals surface area contributed by atoms with Gasteiger partial charge in [0, 0.05) is 10.9 Å². The van der Waals surface area contributed by atoms with Crippen LogP contribution in [0.5, 0.6) is 0 Å². The molecular weight excluding hydrogens is 431 g/mol. The Morgan fingerprint density at radius 3 is 2.58 bits per heavy atom. The van der Waals surface area contributed by atoms with E-state index in [1.54, 1.807) is 0 Å². The molecule has 10 heteroatoms. The molecule has 4 rings (SSSR count). The Morgan fingerprint density at radius 1 is 1.06 bits per heavy atom. The number of nitrogens with one attached hydrogen (secondary N) is 3. The summed E-state index contributed by atoms with van der Waals surface area (Å²) in [4.78, 5) is 17.2. The number of rotatable bonds is 3. The number of aliphatic imine (C=N–C) groups is 1. The maximum Gasteiger partial charge on any atom is 0.258 e. The van der Waals surface area contributed by atoms with Crippen LogP contribution in [-0.2, 0) is 0 Å². The highest BCUT2D eigenvalue weighted by molar-refractivity contribution is 6.31. The Labute approximate surface area is 180 Å². The second-order valence-corrected chi connectivity index (χ2v) is 7.77. The number of aromatic amines is 1. The molecule has 0 unspecified atom stereocenters. The van der Waals surface area contributed by atoms with Crippen molar-refractivity contribution in [1.29, 1.82) is 0 Å². The number of anilines is 1. The predicted molar refractivity (Wildman–Crippen MR) is 113 cm³/mol. The number of H-pyrrole nitrogens is 1. The van der Waals surface area contributed by atoms with Crippen LogP contribution in [0.4, 0.5) is 19.0 Å². The molecule has 0 bridgehead atoms. The van der Waals surface area contributed by atoms with E-state index in [-0.39, 0.29) is 28.4 Å². The lowest BCUT2D eigenvalue weighted by Gasteiger charge is -2.20. The van der Waals surface area contributed by atoms with E-state index in [4.69, 9.17) is 11.6 Å². The van der Waals surface area contributed by atoms with Crippen LogP contribution in [-0.4, -0.2) is 28.1 Å². The van der Waals surface area contributed by atoms with Crippen molar-refractivity contribution in [3.8, 4) is 0 Å². The van der Waals surface area contributed by atoms with Crippen molar-refractivity contribution in [2.75, 3.05) is 5.32 Å². The van der Waals surface area contributed by atoms with Crippen LogP contribution in [0.3, 0.4) is 0 Å². The molecule has 1 aliphatic rings. The summed E-state index contributed by atoms with van der Waals surface area (Å²) < 4.78 is 40.7. The van der Waals surface area contributed by atoms with Crippen LogP contribution in [0.1, 0.15) is 42.5 Å². The average molecular weight is 450 g/mol. The van der Waals surface area contributed by atoms with Gasteiger partial charge in [0.15, 0.2) is 17.5 Å². The van der Waals surface area contributed by atoms with Crippen LogP contribution in [0.25, 0.3) is 10.9 Å². The van der Waals surface area contributed by atoms with Crippen molar-refractivity contribution in [1.82, 2.24) is 15.5 Å². The fraction of sp³-hybridized carbons (Fsp3) is 0.286. The first-order valence-corrected chi connectivity index (χ1v) is 10.2. The minimum atomic E-state index is -1.13. The van der Waals surface area contributed by atoms with Gasteiger partial charge in [-0.25, -0.2) is 18.2 Å². The lowest BCUT2D eigenvalue weighted by Crippen LogP contribution is -2.37. The number of fused-ring (bicyclic) bond motifs is 1. The molecule has 1 aliphatic carbocycles. The van der Waals surface area contributed by atoms with Crippen LogP contribution in [0.2, 0.25) is 5.02 Å². The van der Waals surface area contributed by atoms with Gasteiger partial charge in [-0.15, -0.1) is 0 Å². The Balaban J connectivity index is 1.63. The van der Waals surface area contributed by atoms with Gasteiger partial charge in [0.1, 0.15) is 5.82 Å². The summed E-state index contributed by atoms with van der Waals surface area (Å²) in [5.41, 5.74) is 0.430. The molecule has 3 N–H and O–H groups in total. The van der Waals surface area contributed by atoms with Gasteiger partial charge in [-0.05, 0) is 43.2 Å². The minimum Gasteiger partial charge on any atom is -0.309 e. The second kappa shape index (κ2) is 8.97. The Kier molecular flexibility index (Phi) is 6.13. The van der Waals surface area contributed by atoms with E-state index in [0.29, 0.717) is 10.9 Å². The number of nitrogens with zero attached hydrogens (tertiary/aromatic N) is 2. The van der Waals surface area contributed by atoms with Gasteiger partial charge in [0.2, 0.25) is 5.96 Å². The summed E-state index contributed by atoms with van der Waals surface area (Å²) in [6.07, 6.45) is 4.89. The topological polar surface area (TPSA) is 82.2 Å². The van der Waals surface area contributed by atoms with Gasteiger partial charge in [-0.3, -0.25) is 15.2 Å². The highest BCUT2D eigenvalue weighted by atomic mass is 35.5. The van der Waals surface area contributed by atoms with Crippen molar-refractivity contribution in [2.24, 2.45) is 4.99 Å². The van der Waals surface area contributed by atoms with Gasteiger partial charge >= 0.3 is 0 Å². The standard InChI is InChI=1S/C21H19ClF3N5O/c22-14-10-18-13(9-16(14)24)19(30-29-18)27-21(26-12-4-2-1-3-5-12)28-20(31)11-6-7-15(23)17(25)8-11/h6-10,12H,1-5H2,(H3,26,27,28,29,30,31). The average Bonchev–Trinajstić information content (AvgIpc) is 3.12. The molecule has 6 nitrogen and oxygen atoms in total. The Bertz CT molecular complexity index is 1160. The molecule has 0 radical (unpaired) electrons. The molecule has 162 valence electrons. The number of amides is 1. The van der Waals surface area contributed by atoms with Crippen molar-refractivity contribution in [2.45, 2.75) is 38.1 Å². The fourth-order valence-electron chi connectivity index (χ4n) is 3.52. The molecule has 1 amide bonds. The number of aromatic nitrogens is 2. The zero-order valence-corrected chi connectivity index (χ0v) is 17.1. The fourth-order valence-corrected chi connectivity index (χ4v) is 3.69. The lowest BCUT2D eigenvalue weighted by molar-refractivity contribution is 0.0976. The number of hydrogen-bond acceptors (Lipinski definition) is 3. The Hall–Kier alpha value is -3.07. The van der Waals surface area contributed by atoms with Crippen molar-refractivity contribution < 1.29 is 18.0 Å². The van der Waals surface area contributed by atoms with Gasteiger partial charge in [-0.2, -0.15) is 5.10 Å². The predicted octanol–water partition coefficient (Wildman–Crippen LogP) is 5.16. The first-order valence-electron chi connectivity index (χ1n) is 9.85. The number of hydrogen-bond donors (Lipinski definition) is 3. The molecule has 0 aliphatic heterocycles. The number of guanidine groups is 1. The highest BCUT2D eigenvalue weighted by Crippen LogP contribution is 2.27. The first-order chi connectivity index (χ1) is 14.9. The van der Waals surface area contributed by atoms with Crippen LogP contribution < -0.4 is 10.6 Å². The molecule has 1 heterocycles. The van der Waals surface area contributed by atoms with E-state index >= 15 is 0 Å². The summed E-state index contributed by atoms with van der Waals surface area (Å²) in [5, 5.41) is 12.7. The molecular formula is C21H19ClF3N5O. The molecule has 3 aromatic rings. The molecule has 1 fully saturated rings. The molecule has 0 spiro atoms. The number of carbonyl (C=O) groups is 1. The molecule has 2 aromatic carbocycles. The van der Waals surface area contributed by atoms with Gasteiger partial charge in [-0.1, -0.05) is 30.9 Å². The molecule has 1 saturated carbocycles. The van der Waals surface area contributed by atoms with E-state index < -0.39 is 23.4 Å². The largest absolute Gasteiger partial charge is 0.309 e. The maximum atomic E-state index is 14.0. The van der Waals surface area contributed by atoms with E-state index in [9.17, 15) is 18.0 Å². The van der Waals surface area contributed by atoms with Crippen molar-refractivity contribution in [3.05, 3.63) is 58.4 Å². The van der Waals surface area contributed by atoms with Crippen molar-refractivity contribution >= 4 is 40.2 Å². The van der Waals surface area contributed by atoms with E-state index in [1.165, 1.54) is 18.2 Å². The maximum absolute atomic E-state index is 14.0. The molecule has 31 heavy (non-hydrogen) atoms. The third-order valence-corrected chi connectivity index (χ3v) is 5.43. The van der Waals surface area contributed by atoms with Gasteiger partial charge < -0.3 is 5.32 Å². The van der Waals surface area contributed by atoms with E-state index in [2.05, 4.69) is 25.8 Å². The Morgan fingerprint density at radius 2 is 1.84 bits per heavy atom. The quantitative estimate of drug-likeness (QED) is 0.381. The summed E-state index contributed by atoms with van der Waals surface area (Å²) in [6.45, 7) is 0. The molecule has 1 aromatic heterocycles. The van der Waals surface area contributed by atoms with E-state index in [1.807, 2.05) is 0 Å². The third-order valence-electron chi connectivity index (χ3n) is 5.14. The normalized spacial score (nSPS) is 15.3. The number of carbonyl (C=O) groups excluding carboxylic acids is 1. The van der Waals surface area contributed by atoms with Gasteiger partial charge in [0.05, 0.1) is 16.6 Å². The smallest absolute Gasteiger partial charge is 0.258 e. The van der Waals surface area contributed by atoms with Gasteiger partial charge in [0.25, 0.3) is 5.91 Å².